The van der Waals surface area contributed by atoms with E-state index in [1.54, 1.807) is 0 Å². The molecule has 2 nitrogen and oxygen atoms in total. The van der Waals surface area contributed by atoms with Gasteiger partial charge in [-0.3, -0.25) is 0 Å². The molecule has 0 aliphatic rings. The summed E-state index contributed by atoms with van der Waals surface area (Å²) in [6.07, 6.45) is 1.89. The van der Waals surface area contributed by atoms with Gasteiger partial charge in [0, 0.05) is 6.04 Å². The Morgan fingerprint density at radius 2 is 2.13 bits per heavy atom. The Balaban J connectivity index is 2.78. The molecule has 1 aromatic rings. The summed E-state index contributed by atoms with van der Waals surface area (Å²) < 4.78 is 5.48. The van der Waals surface area contributed by atoms with Crippen LogP contribution in [0.2, 0.25) is 5.02 Å². The van der Waals surface area contributed by atoms with Gasteiger partial charge in [0.2, 0.25) is 0 Å². The van der Waals surface area contributed by atoms with E-state index in [0.717, 1.165) is 24.2 Å². The average Bonchev–Trinajstić information content (AvgIpc) is 2.26. The minimum Gasteiger partial charge on any atom is -0.492 e. The van der Waals surface area contributed by atoms with Gasteiger partial charge in [-0.25, -0.2) is 0 Å². The number of hydrogen-bond donors (Lipinski definition) is 1. The summed E-state index contributed by atoms with van der Waals surface area (Å²) in [5.41, 5.74) is 6.98. The van der Waals surface area contributed by atoms with E-state index in [1.165, 1.54) is 0 Å². The summed E-state index contributed by atoms with van der Waals surface area (Å²) in [4.78, 5) is 0. The number of rotatable bonds is 5. The Bertz CT molecular complexity index is 314. The van der Waals surface area contributed by atoms with E-state index in [-0.39, 0.29) is 6.04 Å². The van der Waals surface area contributed by atoms with Gasteiger partial charge >= 0.3 is 0 Å². The zero-order valence-electron chi connectivity index (χ0n) is 9.29. The van der Waals surface area contributed by atoms with E-state index in [4.69, 9.17) is 22.1 Å². The van der Waals surface area contributed by atoms with Gasteiger partial charge < -0.3 is 10.5 Å². The highest BCUT2D eigenvalue weighted by Gasteiger charge is 2.07. The highest BCUT2D eigenvalue weighted by molar-refractivity contribution is 6.32. The highest BCUT2D eigenvalue weighted by Crippen LogP contribution is 2.28. The van der Waals surface area contributed by atoms with Crippen molar-refractivity contribution in [2.24, 2.45) is 5.73 Å². The molecule has 0 fully saturated rings. The van der Waals surface area contributed by atoms with Crippen molar-refractivity contribution in [3.8, 4) is 5.75 Å². The Labute approximate surface area is 96.4 Å². The third-order valence-electron chi connectivity index (χ3n) is 2.29. The SMILES string of the molecule is CCCOc1ccc([C@@H](N)CC)cc1Cl. The lowest BCUT2D eigenvalue weighted by Crippen LogP contribution is -2.08. The van der Waals surface area contributed by atoms with Crippen molar-refractivity contribution in [2.75, 3.05) is 6.61 Å². The maximum atomic E-state index is 6.09. The summed E-state index contributed by atoms with van der Waals surface area (Å²) in [5, 5.41) is 0.643. The van der Waals surface area contributed by atoms with Crippen molar-refractivity contribution in [3.63, 3.8) is 0 Å². The molecule has 2 N–H and O–H groups in total. The van der Waals surface area contributed by atoms with Gasteiger partial charge in [0.25, 0.3) is 0 Å². The van der Waals surface area contributed by atoms with Crippen LogP contribution in [0.4, 0.5) is 0 Å². The minimum absolute atomic E-state index is 0.0581. The van der Waals surface area contributed by atoms with Crippen molar-refractivity contribution in [1.82, 2.24) is 0 Å². The lowest BCUT2D eigenvalue weighted by atomic mass is 10.1. The van der Waals surface area contributed by atoms with Gasteiger partial charge in [0.1, 0.15) is 5.75 Å². The van der Waals surface area contributed by atoms with E-state index in [9.17, 15) is 0 Å². The molecule has 0 spiro atoms. The molecule has 1 aromatic carbocycles. The highest BCUT2D eigenvalue weighted by atomic mass is 35.5. The zero-order chi connectivity index (χ0) is 11.3. The minimum atomic E-state index is 0.0581. The molecule has 0 unspecified atom stereocenters. The van der Waals surface area contributed by atoms with Crippen molar-refractivity contribution in [1.29, 1.82) is 0 Å². The zero-order valence-corrected chi connectivity index (χ0v) is 10.1. The smallest absolute Gasteiger partial charge is 0.137 e. The average molecular weight is 228 g/mol. The molecule has 15 heavy (non-hydrogen) atoms. The summed E-state index contributed by atoms with van der Waals surface area (Å²) in [6.45, 7) is 4.81. The maximum absolute atomic E-state index is 6.09. The lowest BCUT2D eigenvalue weighted by Gasteiger charge is -2.12. The van der Waals surface area contributed by atoms with Crippen LogP contribution in [0.25, 0.3) is 0 Å². The van der Waals surface area contributed by atoms with Crippen LogP contribution in [0.3, 0.4) is 0 Å². The van der Waals surface area contributed by atoms with E-state index in [1.807, 2.05) is 18.2 Å². The van der Waals surface area contributed by atoms with Crippen molar-refractivity contribution < 1.29 is 4.74 Å². The molecule has 0 aliphatic carbocycles. The Hall–Kier alpha value is -0.730. The fourth-order valence-electron chi connectivity index (χ4n) is 1.31. The summed E-state index contributed by atoms with van der Waals surface area (Å²) >= 11 is 6.09. The molecule has 84 valence electrons. The Morgan fingerprint density at radius 3 is 2.67 bits per heavy atom. The van der Waals surface area contributed by atoms with Crippen LogP contribution in [-0.2, 0) is 0 Å². The van der Waals surface area contributed by atoms with E-state index in [2.05, 4.69) is 13.8 Å². The topological polar surface area (TPSA) is 35.2 Å². The van der Waals surface area contributed by atoms with Crippen LogP contribution in [0.15, 0.2) is 18.2 Å². The van der Waals surface area contributed by atoms with Crippen LogP contribution in [0, 0.1) is 0 Å². The molecule has 0 saturated carbocycles. The van der Waals surface area contributed by atoms with Crippen LogP contribution < -0.4 is 10.5 Å². The first-order valence-corrected chi connectivity index (χ1v) is 5.74. The molecule has 0 aliphatic heterocycles. The molecule has 0 amide bonds. The van der Waals surface area contributed by atoms with Gasteiger partial charge in [0.15, 0.2) is 0 Å². The third-order valence-corrected chi connectivity index (χ3v) is 2.58. The number of ether oxygens (including phenoxy) is 1. The third kappa shape index (κ3) is 3.40. The number of nitrogens with two attached hydrogens (primary N) is 1. The predicted octanol–water partition coefficient (Wildman–Crippen LogP) is 3.54. The van der Waals surface area contributed by atoms with Crippen LogP contribution >= 0.6 is 11.6 Å². The van der Waals surface area contributed by atoms with Crippen molar-refractivity contribution in [3.05, 3.63) is 28.8 Å². The first-order valence-electron chi connectivity index (χ1n) is 5.36. The Morgan fingerprint density at radius 1 is 1.40 bits per heavy atom. The maximum Gasteiger partial charge on any atom is 0.137 e. The van der Waals surface area contributed by atoms with Crippen LogP contribution in [-0.4, -0.2) is 6.61 Å². The van der Waals surface area contributed by atoms with E-state index in [0.29, 0.717) is 11.6 Å². The molecule has 0 radical (unpaired) electrons. The molecule has 1 rings (SSSR count). The lowest BCUT2D eigenvalue weighted by molar-refractivity contribution is 0.317. The summed E-state index contributed by atoms with van der Waals surface area (Å²) in [6, 6.07) is 5.82. The summed E-state index contributed by atoms with van der Waals surface area (Å²) in [5.74, 6) is 0.741. The van der Waals surface area contributed by atoms with Gasteiger partial charge in [-0.05, 0) is 30.5 Å². The first kappa shape index (κ1) is 12.3. The van der Waals surface area contributed by atoms with Gasteiger partial charge in [-0.15, -0.1) is 0 Å². The van der Waals surface area contributed by atoms with Crippen molar-refractivity contribution >= 4 is 11.6 Å². The molecule has 0 saturated heterocycles. The second-order valence-corrected chi connectivity index (χ2v) is 3.96. The fraction of sp³-hybridized carbons (Fsp3) is 0.500. The number of hydrogen-bond acceptors (Lipinski definition) is 2. The standard InChI is InChI=1S/C12H18ClNO/c1-3-7-15-12-6-5-9(8-10(12)13)11(14)4-2/h5-6,8,11H,3-4,7,14H2,1-2H3/t11-/m0/s1. The number of benzene rings is 1. The van der Waals surface area contributed by atoms with E-state index < -0.39 is 0 Å². The number of halogens is 1. The largest absolute Gasteiger partial charge is 0.492 e. The normalized spacial score (nSPS) is 12.5. The van der Waals surface area contributed by atoms with Crippen molar-refractivity contribution in [2.45, 2.75) is 32.7 Å². The van der Waals surface area contributed by atoms with Gasteiger partial charge in [-0.1, -0.05) is 31.5 Å². The first-order chi connectivity index (χ1) is 7.19. The second kappa shape index (κ2) is 5.99. The fourth-order valence-corrected chi connectivity index (χ4v) is 1.56. The summed E-state index contributed by atoms with van der Waals surface area (Å²) in [7, 11) is 0. The van der Waals surface area contributed by atoms with Crippen LogP contribution in [0.1, 0.15) is 38.3 Å². The van der Waals surface area contributed by atoms with Gasteiger partial charge in [-0.2, -0.15) is 0 Å². The monoisotopic (exact) mass is 227 g/mol. The predicted molar refractivity (Wildman–Crippen MR) is 64.5 cm³/mol. The second-order valence-electron chi connectivity index (χ2n) is 3.55. The molecule has 1 atom stereocenters. The molecule has 0 aromatic heterocycles. The molecule has 3 heteroatoms. The van der Waals surface area contributed by atoms with E-state index >= 15 is 0 Å². The molecule has 0 bridgehead atoms. The van der Waals surface area contributed by atoms with Gasteiger partial charge in [0.05, 0.1) is 11.6 Å². The Kier molecular flexibility index (Phi) is 4.92. The molecule has 0 heterocycles. The quantitative estimate of drug-likeness (QED) is 0.835. The molecular formula is C12H18ClNO. The van der Waals surface area contributed by atoms with Crippen LogP contribution in [0.5, 0.6) is 5.75 Å². The molecular weight excluding hydrogens is 210 g/mol.